The molecule has 0 spiro atoms. The molecule has 0 aliphatic rings. The van der Waals surface area contributed by atoms with Gasteiger partial charge in [-0.05, 0) is 44.7 Å². The quantitative estimate of drug-likeness (QED) is 0.848. The van der Waals surface area contributed by atoms with E-state index >= 15 is 0 Å². The number of carbonyl (C=O) groups is 1. The van der Waals surface area contributed by atoms with Gasteiger partial charge in [-0.3, -0.25) is 4.79 Å². The first-order valence-corrected chi connectivity index (χ1v) is 8.46. The van der Waals surface area contributed by atoms with Crippen LogP contribution in [0, 0.1) is 5.41 Å². The summed E-state index contributed by atoms with van der Waals surface area (Å²) in [5.41, 5.74) is -0.0243. The Hall–Kier alpha value is -1.20. The summed E-state index contributed by atoms with van der Waals surface area (Å²) in [6.07, 6.45) is 0.713. The Morgan fingerprint density at radius 2 is 1.52 bits per heavy atom. The predicted octanol–water partition coefficient (Wildman–Crippen LogP) is 3.38. The highest BCUT2D eigenvalue weighted by Gasteiger charge is 2.30. The molecule has 1 aromatic rings. The van der Waals surface area contributed by atoms with Crippen molar-refractivity contribution in [3.8, 4) is 0 Å². The zero-order valence-electron chi connectivity index (χ0n) is 13.6. The molecule has 0 heterocycles. The molecule has 0 aromatic heterocycles. The summed E-state index contributed by atoms with van der Waals surface area (Å²) in [4.78, 5) is 11.4. The van der Waals surface area contributed by atoms with Crippen molar-refractivity contribution in [1.29, 1.82) is 0 Å². The third-order valence-corrected chi connectivity index (χ3v) is 4.67. The van der Waals surface area contributed by atoms with Crippen molar-refractivity contribution in [2.45, 2.75) is 58.4 Å². The molecule has 5 heteroatoms. The number of rotatable bonds is 5. The van der Waals surface area contributed by atoms with Gasteiger partial charge in [-0.2, -0.15) is 0 Å². The molecule has 0 saturated heterocycles. The number of hydrogen-bond donors (Lipinski definition) is 1. The lowest BCUT2D eigenvalue weighted by Gasteiger charge is -2.33. The van der Waals surface area contributed by atoms with Crippen molar-refractivity contribution in [2.24, 2.45) is 5.41 Å². The highest BCUT2D eigenvalue weighted by molar-refractivity contribution is 7.89. The van der Waals surface area contributed by atoms with Crippen LogP contribution in [0.4, 0.5) is 0 Å². The smallest absolute Gasteiger partial charge is 0.241 e. The van der Waals surface area contributed by atoms with Gasteiger partial charge in [0, 0.05) is 11.1 Å². The highest BCUT2D eigenvalue weighted by atomic mass is 32.2. The molecule has 0 fully saturated rings. The molecule has 0 bridgehead atoms. The first-order valence-electron chi connectivity index (χ1n) is 6.97. The Morgan fingerprint density at radius 1 is 1.05 bits per heavy atom. The second-order valence-corrected chi connectivity index (χ2v) is 8.99. The van der Waals surface area contributed by atoms with E-state index in [4.69, 9.17) is 0 Å². The average molecular weight is 311 g/mol. The zero-order chi connectivity index (χ0) is 16.5. The molecule has 0 saturated carbocycles. The molecule has 4 nitrogen and oxygen atoms in total. The van der Waals surface area contributed by atoms with Crippen LogP contribution in [0.5, 0.6) is 0 Å². The van der Waals surface area contributed by atoms with E-state index in [2.05, 4.69) is 25.5 Å². The summed E-state index contributed by atoms with van der Waals surface area (Å²) in [5.74, 6) is -0.0834. The van der Waals surface area contributed by atoms with Crippen molar-refractivity contribution < 1.29 is 13.2 Å². The number of benzene rings is 1. The minimum atomic E-state index is -3.59. The number of sulfonamides is 1. The van der Waals surface area contributed by atoms with Crippen LogP contribution in [-0.2, 0) is 10.0 Å². The number of ketones is 1. The predicted molar refractivity (Wildman–Crippen MR) is 84.9 cm³/mol. The van der Waals surface area contributed by atoms with Crippen molar-refractivity contribution in [3.05, 3.63) is 29.8 Å². The second kappa shape index (κ2) is 5.89. The Morgan fingerprint density at radius 3 is 1.90 bits per heavy atom. The average Bonchev–Trinajstić information content (AvgIpc) is 2.24. The van der Waals surface area contributed by atoms with Crippen LogP contribution in [0.15, 0.2) is 29.2 Å². The van der Waals surface area contributed by atoms with E-state index in [0.29, 0.717) is 12.0 Å². The number of carbonyl (C=O) groups excluding carboxylic acids is 1. The lowest BCUT2D eigenvalue weighted by atomic mass is 9.82. The second-order valence-electron chi connectivity index (χ2n) is 7.31. The topological polar surface area (TPSA) is 63.2 Å². The summed E-state index contributed by atoms with van der Waals surface area (Å²) in [6.45, 7) is 11.4. The molecule has 0 radical (unpaired) electrons. The fourth-order valence-electron chi connectivity index (χ4n) is 2.65. The van der Waals surface area contributed by atoms with Crippen molar-refractivity contribution in [3.63, 3.8) is 0 Å². The summed E-state index contributed by atoms with van der Waals surface area (Å²) in [6, 6.07) is 6.00. The Labute approximate surface area is 128 Å². The van der Waals surface area contributed by atoms with Gasteiger partial charge in [0.05, 0.1) is 4.90 Å². The number of hydrogen-bond acceptors (Lipinski definition) is 3. The molecule has 1 aromatic carbocycles. The van der Waals surface area contributed by atoms with E-state index < -0.39 is 15.6 Å². The monoisotopic (exact) mass is 311 g/mol. The first-order chi connectivity index (χ1) is 9.32. The van der Waals surface area contributed by atoms with E-state index in [1.54, 1.807) is 0 Å². The van der Waals surface area contributed by atoms with Crippen LogP contribution in [-0.4, -0.2) is 19.7 Å². The van der Waals surface area contributed by atoms with Crippen LogP contribution in [0.3, 0.4) is 0 Å². The van der Waals surface area contributed by atoms with Gasteiger partial charge in [0.1, 0.15) is 0 Å². The van der Waals surface area contributed by atoms with Gasteiger partial charge in [0.2, 0.25) is 10.0 Å². The van der Waals surface area contributed by atoms with Crippen LogP contribution in [0.1, 0.15) is 58.3 Å². The summed E-state index contributed by atoms with van der Waals surface area (Å²) >= 11 is 0. The molecular formula is C16H25NO3S. The maximum Gasteiger partial charge on any atom is 0.241 e. The minimum Gasteiger partial charge on any atom is -0.295 e. The van der Waals surface area contributed by atoms with Crippen molar-refractivity contribution in [1.82, 2.24) is 4.72 Å². The van der Waals surface area contributed by atoms with Crippen LogP contribution in [0.2, 0.25) is 0 Å². The van der Waals surface area contributed by atoms with Gasteiger partial charge in [-0.25, -0.2) is 13.1 Å². The van der Waals surface area contributed by atoms with E-state index in [1.165, 1.54) is 31.2 Å². The molecule has 1 rings (SSSR count). The molecule has 1 N–H and O–H groups in total. The summed E-state index contributed by atoms with van der Waals surface area (Å²) < 4.78 is 27.6. The maximum atomic E-state index is 12.4. The minimum absolute atomic E-state index is 0.0184. The fraction of sp³-hybridized carbons (Fsp3) is 0.562. The van der Waals surface area contributed by atoms with Gasteiger partial charge in [-0.1, -0.05) is 32.9 Å². The van der Waals surface area contributed by atoms with Crippen molar-refractivity contribution in [2.75, 3.05) is 0 Å². The largest absolute Gasteiger partial charge is 0.295 e. The molecule has 0 amide bonds. The van der Waals surface area contributed by atoms with Crippen LogP contribution in [0.25, 0.3) is 0 Å². The van der Waals surface area contributed by atoms with E-state index in [0.717, 1.165) is 0 Å². The molecule has 21 heavy (non-hydrogen) atoms. The third-order valence-electron chi connectivity index (χ3n) is 2.95. The lowest BCUT2D eigenvalue weighted by Crippen LogP contribution is -2.45. The fourth-order valence-corrected chi connectivity index (χ4v) is 4.07. The van der Waals surface area contributed by atoms with Gasteiger partial charge in [-0.15, -0.1) is 0 Å². The van der Waals surface area contributed by atoms with Gasteiger partial charge in [0.25, 0.3) is 0 Å². The van der Waals surface area contributed by atoms with E-state index in [1.807, 2.05) is 13.8 Å². The van der Waals surface area contributed by atoms with Crippen LogP contribution >= 0.6 is 0 Å². The molecule has 0 aliphatic heterocycles. The molecular weight excluding hydrogens is 286 g/mol. The molecule has 0 atom stereocenters. The highest BCUT2D eigenvalue weighted by Crippen LogP contribution is 2.28. The Balaban J connectivity index is 2.98. The number of nitrogens with one attached hydrogen (secondary N) is 1. The Kier molecular flexibility index (Phi) is 5.01. The normalized spacial score (nSPS) is 13.2. The molecule has 0 unspecified atom stereocenters. The van der Waals surface area contributed by atoms with E-state index in [-0.39, 0.29) is 16.1 Å². The number of Topliss-reactive ketones (excluding diaryl/α,β-unsaturated/α-hetero) is 1. The van der Waals surface area contributed by atoms with Crippen LogP contribution < -0.4 is 4.72 Å². The van der Waals surface area contributed by atoms with Crippen molar-refractivity contribution >= 4 is 15.8 Å². The molecule has 0 aliphatic carbocycles. The van der Waals surface area contributed by atoms with Gasteiger partial charge in [0.15, 0.2) is 5.78 Å². The zero-order valence-corrected chi connectivity index (χ0v) is 14.5. The van der Waals surface area contributed by atoms with Gasteiger partial charge >= 0.3 is 0 Å². The maximum absolute atomic E-state index is 12.4. The van der Waals surface area contributed by atoms with Gasteiger partial charge < -0.3 is 0 Å². The first kappa shape index (κ1) is 17.9. The lowest BCUT2D eigenvalue weighted by molar-refractivity contribution is 0.101. The molecule has 118 valence electrons. The summed E-state index contributed by atoms with van der Waals surface area (Å²) in [7, 11) is -3.59. The Bertz CT molecular complexity index is 608. The van der Waals surface area contributed by atoms with E-state index in [9.17, 15) is 13.2 Å². The summed E-state index contributed by atoms with van der Waals surface area (Å²) in [5, 5.41) is 0. The SMILES string of the molecule is CC(=O)c1ccc(S(=O)(=O)NC(C)(C)CC(C)(C)C)cc1. The third kappa shape index (κ3) is 5.59. The standard InChI is InChI=1S/C16H25NO3S/c1-12(18)13-7-9-14(10-8-13)21(19,20)17-16(5,6)11-15(2,3)4/h7-10,17H,11H2,1-6H3.